The fourth-order valence-electron chi connectivity index (χ4n) is 1.37. The molecule has 0 aromatic rings. The van der Waals surface area contributed by atoms with Gasteiger partial charge in [-0.3, -0.25) is 4.79 Å². The maximum Gasteiger partial charge on any atom is 0.349 e. The van der Waals surface area contributed by atoms with Crippen LogP contribution in [0, 0.1) is 0 Å². The van der Waals surface area contributed by atoms with Crippen molar-refractivity contribution in [2.75, 3.05) is 6.61 Å². The molecule has 0 radical (unpaired) electrons. The van der Waals surface area contributed by atoms with Crippen LogP contribution in [0.15, 0.2) is 0 Å². The van der Waals surface area contributed by atoms with Crippen molar-refractivity contribution in [3.63, 3.8) is 0 Å². The Morgan fingerprint density at radius 2 is 2.07 bits per heavy atom. The highest BCUT2D eigenvalue weighted by Crippen LogP contribution is 2.26. The number of carbonyl (C=O) groups is 2. The number of hydrogen-bond acceptors (Lipinski definition) is 7. The highest BCUT2D eigenvalue weighted by molar-refractivity contribution is 6.07. The van der Waals surface area contributed by atoms with Crippen LogP contribution in [0.3, 0.4) is 0 Å². The van der Waals surface area contributed by atoms with Crippen LogP contribution in [0.1, 0.15) is 6.92 Å². The number of ether oxygens (including phenoxy) is 1. The highest BCUT2D eigenvalue weighted by Gasteiger charge is 2.58. The fraction of sp³-hybridized carbons (Fsp3) is 0.750. The lowest BCUT2D eigenvalue weighted by Crippen LogP contribution is -2.67. The molecule has 1 saturated heterocycles. The average Bonchev–Trinajstić information content (AvgIpc) is 2.20. The number of esters is 1. The van der Waals surface area contributed by atoms with Gasteiger partial charge in [-0.25, -0.2) is 4.79 Å². The van der Waals surface area contributed by atoms with Crippen LogP contribution >= 0.6 is 0 Å². The van der Waals surface area contributed by atoms with Gasteiger partial charge < -0.3 is 25.2 Å². The van der Waals surface area contributed by atoms with Gasteiger partial charge in [0, 0.05) is 0 Å². The van der Waals surface area contributed by atoms with E-state index in [2.05, 4.69) is 4.74 Å². The van der Waals surface area contributed by atoms with Crippen LogP contribution in [-0.4, -0.2) is 62.7 Å². The smallest absolute Gasteiger partial charge is 0.349 e. The third kappa shape index (κ3) is 1.63. The number of ketones is 1. The predicted octanol–water partition coefficient (Wildman–Crippen LogP) is -3.05. The van der Waals surface area contributed by atoms with Gasteiger partial charge in [0.05, 0.1) is 6.61 Å². The molecule has 1 aliphatic heterocycles. The number of Topliss-reactive ketones (excluding diaryl/α,β-unsaturated/α-hetero) is 1. The molecule has 7 nitrogen and oxygen atoms in total. The topological polar surface area (TPSA) is 124 Å². The van der Waals surface area contributed by atoms with E-state index in [-0.39, 0.29) is 0 Å². The van der Waals surface area contributed by atoms with Crippen molar-refractivity contribution in [1.29, 1.82) is 0 Å². The Labute approximate surface area is 84.9 Å². The zero-order valence-corrected chi connectivity index (χ0v) is 7.95. The largest absolute Gasteiger partial charge is 0.454 e. The summed E-state index contributed by atoms with van der Waals surface area (Å²) >= 11 is 0. The van der Waals surface area contributed by atoms with Crippen molar-refractivity contribution in [2.45, 2.75) is 30.8 Å². The summed E-state index contributed by atoms with van der Waals surface area (Å²) < 4.78 is 4.43. The van der Waals surface area contributed by atoms with Crippen LogP contribution in [0.2, 0.25) is 0 Å². The molecule has 0 amide bonds. The normalized spacial score (nSPS) is 41.1. The number of cyclic esters (lactones) is 1. The lowest BCUT2D eigenvalue weighted by Gasteiger charge is -2.39. The second-order valence-electron chi connectivity index (χ2n) is 3.38. The first-order chi connectivity index (χ1) is 6.85. The van der Waals surface area contributed by atoms with Crippen molar-refractivity contribution in [1.82, 2.24) is 0 Å². The first-order valence-electron chi connectivity index (χ1n) is 4.27. The second kappa shape index (κ2) is 3.86. The quantitative estimate of drug-likeness (QED) is 0.288. The summed E-state index contributed by atoms with van der Waals surface area (Å²) in [5.41, 5.74) is -2.76. The second-order valence-corrected chi connectivity index (χ2v) is 3.38. The Bertz CT molecular complexity index is 289. The van der Waals surface area contributed by atoms with E-state index < -0.39 is 42.3 Å². The van der Waals surface area contributed by atoms with Crippen LogP contribution in [0.4, 0.5) is 0 Å². The van der Waals surface area contributed by atoms with E-state index in [4.69, 9.17) is 5.11 Å². The van der Waals surface area contributed by atoms with Gasteiger partial charge >= 0.3 is 5.97 Å². The van der Waals surface area contributed by atoms with Gasteiger partial charge in [0.2, 0.25) is 5.60 Å². The molecule has 0 aliphatic carbocycles. The Kier molecular flexibility index (Phi) is 3.10. The molecule has 4 atom stereocenters. The van der Waals surface area contributed by atoms with Gasteiger partial charge in [-0.2, -0.15) is 0 Å². The van der Waals surface area contributed by atoms with E-state index in [0.29, 0.717) is 0 Å². The summed E-state index contributed by atoms with van der Waals surface area (Å²) in [7, 11) is 0. The van der Waals surface area contributed by atoms with E-state index >= 15 is 0 Å². The molecule has 0 aromatic heterocycles. The summed E-state index contributed by atoms with van der Waals surface area (Å²) in [5.74, 6) is -2.40. The maximum atomic E-state index is 11.2. The Hall–Kier alpha value is -1.02. The van der Waals surface area contributed by atoms with Gasteiger partial charge in [-0.15, -0.1) is 0 Å². The molecule has 1 rings (SSSR count). The average molecular weight is 220 g/mol. The minimum atomic E-state index is -2.76. The van der Waals surface area contributed by atoms with Crippen LogP contribution < -0.4 is 0 Å². The maximum absolute atomic E-state index is 11.2. The van der Waals surface area contributed by atoms with Crippen molar-refractivity contribution in [3.05, 3.63) is 0 Å². The first-order valence-corrected chi connectivity index (χ1v) is 4.27. The summed E-state index contributed by atoms with van der Waals surface area (Å²) in [6.07, 6.45) is -5.05. The first kappa shape index (κ1) is 12.1. The van der Waals surface area contributed by atoms with E-state index in [1.54, 1.807) is 0 Å². The van der Waals surface area contributed by atoms with Gasteiger partial charge in [0.15, 0.2) is 11.9 Å². The molecule has 1 aliphatic rings. The van der Waals surface area contributed by atoms with Crippen molar-refractivity contribution < 1.29 is 34.8 Å². The lowest BCUT2D eigenvalue weighted by molar-refractivity contribution is -0.229. The molecule has 0 saturated carbocycles. The van der Waals surface area contributed by atoms with Crippen molar-refractivity contribution >= 4 is 11.8 Å². The van der Waals surface area contributed by atoms with Crippen molar-refractivity contribution in [2.24, 2.45) is 0 Å². The van der Waals surface area contributed by atoms with Crippen LogP contribution in [0.25, 0.3) is 0 Å². The third-order valence-corrected chi connectivity index (χ3v) is 2.42. The van der Waals surface area contributed by atoms with Gasteiger partial charge in [0.1, 0.15) is 12.2 Å². The number of aliphatic hydroxyl groups is 4. The molecular formula is C8H12O7. The predicted molar refractivity (Wildman–Crippen MR) is 44.6 cm³/mol. The molecule has 15 heavy (non-hydrogen) atoms. The minimum Gasteiger partial charge on any atom is -0.454 e. The molecule has 0 bridgehead atoms. The van der Waals surface area contributed by atoms with Crippen LogP contribution in [0.5, 0.6) is 0 Å². The van der Waals surface area contributed by atoms with Gasteiger partial charge in [0.25, 0.3) is 0 Å². The van der Waals surface area contributed by atoms with E-state index in [9.17, 15) is 24.9 Å². The Balaban J connectivity index is 3.04. The molecule has 86 valence electrons. The molecule has 4 N–H and O–H groups in total. The molecule has 0 unspecified atom stereocenters. The number of carbonyl (C=O) groups excluding carboxylic acids is 2. The number of rotatable bonds is 2. The summed E-state index contributed by atoms with van der Waals surface area (Å²) in [6, 6.07) is 0. The van der Waals surface area contributed by atoms with Gasteiger partial charge in [-0.1, -0.05) is 0 Å². The molecular weight excluding hydrogens is 208 g/mol. The summed E-state index contributed by atoms with van der Waals surface area (Å²) in [6.45, 7) is 0.175. The van der Waals surface area contributed by atoms with Crippen molar-refractivity contribution in [3.8, 4) is 0 Å². The summed E-state index contributed by atoms with van der Waals surface area (Å²) in [5, 5.41) is 37.0. The SMILES string of the molecule is CC(=O)[C@@]1(O)C(=O)O[C@H](CO)[C@@H](O)[C@@H]1O. The monoisotopic (exact) mass is 220 g/mol. The number of hydrogen-bond donors (Lipinski definition) is 4. The molecule has 1 heterocycles. The number of aliphatic hydroxyl groups excluding tert-OH is 3. The molecule has 7 heteroatoms. The zero-order chi connectivity index (χ0) is 11.8. The fourth-order valence-corrected chi connectivity index (χ4v) is 1.37. The lowest BCUT2D eigenvalue weighted by atomic mass is 9.84. The van der Waals surface area contributed by atoms with E-state index in [1.165, 1.54) is 0 Å². The van der Waals surface area contributed by atoms with E-state index in [0.717, 1.165) is 6.92 Å². The minimum absolute atomic E-state index is 0.710. The molecule has 0 aromatic carbocycles. The zero-order valence-electron chi connectivity index (χ0n) is 7.95. The molecule has 0 spiro atoms. The Morgan fingerprint density at radius 3 is 2.47 bits per heavy atom. The summed E-state index contributed by atoms with van der Waals surface area (Å²) in [4.78, 5) is 22.2. The highest BCUT2D eigenvalue weighted by atomic mass is 16.6. The Morgan fingerprint density at radius 1 is 1.53 bits per heavy atom. The van der Waals surface area contributed by atoms with Gasteiger partial charge in [-0.05, 0) is 6.92 Å². The van der Waals surface area contributed by atoms with E-state index in [1.807, 2.05) is 0 Å². The standard InChI is InChI=1S/C8H12O7/c1-3(10)8(14)6(12)5(11)4(2-9)15-7(8)13/h4-6,9,11-12,14H,2H2,1H3/t4-,5-,6+,8+/m1/s1. The third-order valence-electron chi connectivity index (χ3n) is 2.42. The van der Waals surface area contributed by atoms with Crippen LogP contribution in [-0.2, 0) is 14.3 Å². The molecule has 1 fully saturated rings.